The van der Waals surface area contributed by atoms with Crippen molar-refractivity contribution in [1.82, 2.24) is 0 Å². The summed E-state index contributed by atoms with van der Waals surface area (Å²) in [5.41, 5.74) is 0.499. The molecule has 9 heavy (non-hydrogen) atoms. The lowest BCUT2D eigenvalue weighted by molar-refractivity contribution is -0.109. The fourth-order valence-corrected chi connectivity index (χ4v) is 0.637. The van der Waals surface area contributed by atoms with Gasteiger partial charge in [0.15, 0.2) is 0 Å². The highest BCUT2D eigenvalue weighted by atomic mass is 35.5. The Kier molecular flexibility index (Phi) is 1.90. The SMILES string of the molecule is O=C(Cl)C1=CC=COC1. The molecule has 1 rings (SSSR count). The highest BCUT2D eigenvalue weighted by molar-refractivity contribution is 6.67. The first-order chi connectivity index (χ1) is 4.30. The van der Waals surface area contributed by atoms with E-state index in [1.807, 2.05) is 0 Å². The summed E-state index contributed by atoms with van der Waals surface area (Å²) >= 11 is 5.14. The second kappa shape index (κ2) is 2.69. The molecular formula is C6H5ClO2. The van der Waals surface area contributed by atoms with Gasteiger partial charge in [0.25, 0.3) is 5.24 Å². The lowest BCUT2D eigenvalue weighted by Gasteiger charge is -2.03. The largest absolute Gasteiger partial charge is 0.496 e. The van der Waals surface area contributed by atoms with Crippen LogP contribution in [0.25, 0.3) is 0 Å². The minimum Gasteiger partial charge on any atom is -0.496 e. The van der Waals surface area contributed by atoms with Gasteiger partial charge in [-0.15, -0.1) is 0 Å². The monoisotopic (exact) mass is 144 g/mol. The molecular weight excluding hydrogens is 140 g/mol. The highest BCUT2D eigenvalue weighted by Crippen LogP contribution is 2.05. The Balaban J connectivity index is 2.68. The van der Waals surface area contributed by atoms with E-state index in [2.05, 4.69) is 0 Å². The molecule has 1 aliphatic heterocycles. The van der Waals surface area contributed by atoms with E-state index < -0.39 is 5.24 Å². The van der Waals surface area contributed by atoms with Crippen LogP contribution in [0.1, 0.15) is 0 Å². The Morgan fingerprint density at radius 3 is 2.89 bits per heavy atom. The van der Waals surface area contributed by atoms with Crippen molar-refractivity contribution in [3.8, 4) is 0 Å². The molecule has 0 aliphatic carbocycles. The maximum atomic E-state index is 10.4. The molecule has 0 saturated heterocycles. The van der Waals surface area contributed by atoms with Crippen LogP contribution < -0.4 is 0 Å². The molecule has 0 fully saturated rings. The van der Waals surface area contributed by atoms with Crippen LogP contribution in [0.2, 0.25) is 0 Å². The number of ether oxygens (including phenoxy) is 1. The van der Waals surface area contributed by atoms with Gasteiger partial charge in [-0.25, -0.2) is 0 Å². The van der Waals surface area contributed by atoms with E-state index in [-0.39, 0.29) is 0 Å². The standard InChI is InChI=1S/C6H5ClO2/c7-6(8)5-2-1-3-9-4-5/h1-3H,4H2. The van der Waals surface area contributed by atoms with Crippen LogP contribution >= 0.6 is 11.6 Å². The average molecular weight is 145 g/mol. The van der Waals surface area contributed by atoms with E-state index in [0.29, 0.717) is 12.2 Å². The molecule has 1 aliphatic rings. The lowest BCUT2D eigenvalue weighted by Crippen LogP contribution is -2.03. The second-order valence-electron chi connectivity index (χ2n) is 1.61. The summed E-state index contributed by atoms with van der Waals surface area (Å²) in [6.45, 7) is 0.291. The first kappa shape index (κ1) is 6.36. The fourth-order valence-electron chi connectivity index (χ4n) is 0.519. The van der Waals surface area contributed by atoms with Crippen LogP contribution in [0.5, 0.6) is 0 Å². The number of hydrogen-bond donors (Lipinski definition) is 0. The van der Waals surface area contributed by atoms with Crippen molar-refractivity contribution in [2.45, 2.75) is 0 Å². The fraction of sp³-hybridized carbons (Fsp3) is 0.167. The highest BCUT2D eigenvalue weighted by Gasteiger charge is 2.06. The molecule has 0 aromatic carbocycles. The summed E-state index contributed by atoms with van der Waals surface area (Å²) in [5, 5.41) is -0.445. The number of carbonyl (C=O) groups excluding carboxylic acids is 1. The molecule has 0 atom stereocenters. The second-order valence-corrected chi connectivity index (χ2v) is 1.95. The molecule has 0 aromatic rings. The molecule has 0 spiro atoms. The maximum absolute atomic E-state index is 10.4. The summed E-state index contributed by atoms with van der Waals surface area (Å²) in [5.74, 6) is 0. The summed E-state index contributed by atoms with van der Waals surface area (Å²) in [6, 6.07) is 0. The van der Waals surface area contributed by atoms with Gasteiger partial charge in [-0.05, 0) is 23.8 Å². The Labute approximate surface area is 57.8 Å². The van der Waals surface area contributed by atoms with E-state index in [9.17, 15) is 4.79 Å². The molecule has 1 heterocycles. The zero-order valence-corrected chi connectivity index (χ0v) is 5.39. The van der Waals surface area contributed by atoms with Crippen molar-refractivity contribution in [2.24, 2.45) is 0 Å². The zero-order chi connectivity index (χ0) is 6.69. The quantitative estimate of drug-likeness (QED) is 0.518. The zero-order valence-electron chi connectivity index (χ0n) is 4.63. The van der Waals surface area contributed by atoms with E-state index in [1.54, 1.807) is 12.2 Å². The van der Waals surface area contributed by atoms with Crippen LogP contribution in [0.3, 0.4) is 0 Å². The number of rotatable bonds is 1. The van der Waals surface area contributed by atoms with Gasteiger partial charge in [-0.3, -0.25) is 4.79 Å². The van der Waals surface area contributed by atoms with Gasteiger partial charge >= 0.3 is 0 Å². The topological polar surface area (TPSA) is 26.3 Å². The summed E-state index contributed by atoms with van der Waals surface area (Å²) in [6.07, 6.45) is 4.79. The van der Waals surface area contributed by atoms with Crippen molar-refractivity contribution < 1.29 is 9.53 Å². The van der Waals surface area contributed by atoms with E-state index in [4.69, 9.17) is 16.3 Å². The van der Waals surface area contributed by atoms with Crippen LogP contribution in [0.4, 0.5) is 0 Å². The molecule has 0 radical (unpaired) electrons. The van der Waals surface area contributed by atoms with Crippen LogP contribution in [0, 0.1) is 0 Å². The Morgan fingerprint density at radius 2 is 2.56 bits per heavy atom. The van der Waals surface area contributed by atoms with Crippen molar-refractivity contribution >= 4 is 16.8 Å². The maximum Gasteiger partial charge on any atom is 0.251 e. The third-order valence-electron chi connectivity index (χ3n) is 0.964. The first-order valence-electron chi connectivity index (χ1n) is 2.48. The molecule has 0 amide bonds. The predicted octanol–water partition coefficient (Wildman–Crippen LogP) is 1.22. The molecule has 0 bridgehead atoms. The van der Waals surface area contributed by atoms with E-state index in [0.717, 1.165) is 0 Å². The van der Waals surface area contributed by atoms with Crippen LogP contribution in [-0.4, -0.2) is 11.8 Å². The Hall–Kier alpha value is -0.760. The van der Waals surface area contributed by atoms with Crippen molar-refractivity contribution in [1.29, 1.82) is 0 Å². The number of hydrogen-bond acceptors (Lipinski definition) is 2. The van der Waals surface area contributed by atoms with Gasteiger partial charge in [0.05, 0.1) is 6.26 Å². The van der Waals surface area contributed by atoms with Crippen LogP contribution in [0.15, 0.2) is 24.0 Å². The molecule has 2 nitrogen and oxygen atoms in total. The van der Waals surface area contributed by atoms with Gasteiger partial charge in [0.2, 0.25) is 0 Å². The summed E-state index contributed by atoms with van der Waals surface area (Å²) in [7, 11) is 0. The van der Waals surface area contributed by atoms with E-state index in [1.165, 1.54) is 6.26 Å². The van der Waals surface area contributed by atoms with Gasteiger partial charge in [0.1, 0.15) is 6.61 Å². The molecule has 0 aromatic heterocycles. The summed E-state index contributed by atoms with van der Waals surface area (Å²) < 4.78 is 4.79. The number of halogens is 1. The van der Waals surface area contributed by atoms with Crippen molar-refractivity contribution in [3.05, 3.63) is 24.0 Å². The van der Waals surface area contributed by atoms with Gasteiger partial charge in [-0.1, -0.05) is 0 Å². The average Bonchev–Trinajstić information content (AvgIpc) is 1.90. The normalized spacial score (nSPS) is 16.3. The smallest absolute Gasteiger partial charge is 0.251 e. The van der Waals surface area contributed by atoms with Crippen molar-refractivity contribution in [2.75, 3.05) is 6.61 Å². The van der Waals surface area contributed by atoms with Gasteiger partial charge in [-0.2, -0.15) is 0 Å². The molecule has 0 saturated carbocycles. The Morgan fingerprint density at radius 1 is 1.78 bits per heavy atom. The van der Waals surface area contributed by atoms with Crippen molar-refractivity contribution in [3.63, 3.8) is 0 Å². The van der Waals surface area contributed by atoms with Gasteiger partial charge < -0.3 is 4.74 Å². The Bertz CT molecular complexity index is 181. The first-order valence-corrected chi connectivity index (χ1v) is 2.85. The third-order valence-corrected chi connectivity index (χ3v) is 1.21. The minimum absolute atomic E-state index is 0.291. The number of carbonyl (C=O) groups is 1. The molecule has 0 N–H and O–H groups in total. The molecule has 3 heteroatoms. The predicted molar refractivity (Wildman–Crippen MR) is 34.0 cm³/mol. The summed E-state index contributed by atoms with van der Waals surface area (Å²) in [4.78, 5) is 10.4. The van der Waals surface area contributed by atoms with Crippen LogP contribution in [-0.2, 0) is 9.53 Å². The van der Waals surface area contributed by atoms with E-state index >= 15 is 0 Å². The molecule has 0 unspecified atom stereocenters. The van der Waals surface area contributed by atoms with Gasteiger partial charge in [0, 0.05) is 5.57 Å². The minimum atomic E-state index is -0.445. The lowest BCUT2D eigenvalue weighted by atomic mass is 10.2. The number of allylic oxidation sites excluding steroid dienone is 2. The third kappa shape index (κ3) is 1.57. The molecule has 48 valence electrons.